The Morgan fingerprint density at radius 3 is 2.19 bits per heavy atom. The summed E-state index contributed by atoms with van der Waals surface area (Å²) < 4.78 is 9.82. The van der Waals surface area contributed by atoms with E-state index in [0.717, 1.165) is 11.3 Å². The summed E-state index contributed by atoms with van der Waals surface area (Å²) in [5.74, 6) is -0.829. The second-order valence-electron chi connectivity index (χ2n) is 4.87. The fourth-order valence-corrected chi connectivity index (χ4v) is 1.54. The Morgan fingerprint density at radius 1 is 1.10 bits per heavy atom. The van der Waals surface area contributed by atoms with Crippen molar-refractivity contribution in [2.24, 2.45) is 0 Å². The Hall–Kier alpha value is -2.30. The van der Waals surface area contributed by atoms with Crippen LogP contribution in [0.15, 0.2) is 36.4 Å². The number of nitrogens with zero attached hydrogens (tertiary/aromatic N) is 1. The Morgan fingerprint density at radius 2 is 1.67 bits per heavy atom. The van der Waals surface area contributed by atoms with Gasteiger partial charge in [0.2, 0.25) is 0 Å². The molecule has 0 fully saturated rings. The van der Waals surface area contributed by atoms with Gasteiger partial charge in [0.15, 0.2) is 0 Å². The zero-order valence-electron chi connectivity index (χ0n) is 12.7. The van der Waals surface area contributed by atoms with Gasteiger partial charge in [0.1, 0.15) is 13.2 Å². The lowest BCUT2D eigenvalue weighted by Gasteiger charge is -2.12. The molecule has 0 aliphatic rings. The van der Waals surface area contributed by atoms with Crippen molar-refractivity contribution in [3.63, 3.8) is 0 Å². The number of ether oxygens (including phenoxy) is 2. The summed E-state index contributed by atoms with van der Waals surface area (Å²) in [6.07, 6.45) is 0.197. The normalized spacial score (nSPS) is 9.86. The molecule has 0 unspecified atom stereocenters. The van der Waals surface area contributed by atoms with Crippen molar-refractivity contribution >= 4 is 17.6 Å². The number of hydrogen-bond acceptors (Lipinski definition) is 5. The SMILES string of the molecule is C=C(C)C(=O)OCCOC(=O)Cc1ccc(N(C)C)cc1. The van der Waals surface area contributed by atoms with E-state index >= 15 is 0 Å². The molecule has 1 rings (SSSR count). The van der Waals surface area contributed by atoms with Crippen LogP contribution < -0.4 is 4.90 Å². The first-order chi connectivity index (χ1) is 9.90. The van der Waals surface area contributed by atoms with Gasteiger partial charge in [-0.25, -0.2) is 4.79 Å². The van der Waals surface area contributed by atoms with E-state index < -0.39 is 5.97 Å². The number of benzene rings is 1. The van der Waals surface area contributed by atoms with Crippen LogP contribution in [0.1, 0.15) is 12.5 Å². The van der Waals surface area contributed by atoms with Crippen molar-refractivity contribution in [1.82, 2.24) is 0 Å². The molecule has 0 saturated heterocycles. The first-order valence-corrected chi connectivity index (χ1v) is 6.64. The number of carbonyl (C=O) groups excluding carboxylic acids is 2. The molecule has 0 amide bonds. The van der Waals surface area contributed by atoms with Gasteiger partial charge in [0, 0.05) is 25.4 Å². The molecule has 0 spiro atoms. The predicted octanol–water partition coefficient (Wildman–Crippen LogP) is 1.96. The Labute approximate surface area is 125 Å². The molecule has 5 nitrogen and oxygen atoms in total. The van der Waals surface area contributed by atoms with Crippen molar-refractivity contribution in [3.05, 3.63) is 42.0 Å². The maximum absolute atomic E-state index is 11.6. The second-order valence-corrected chi connectivity index (χ2v) is 4.87. The Bertz CT molecular complexity index is 506. The molecule has 0 aromatic heterocycles. The molecule has 114 valence electrons. The number of hydrogen-bond donors (Lipinski definition) is 0. The van der Waals surface area contributed by atoms with Gasteiger partial charge in [-0.05, 0) is 24.6 Å². The summed E-state index contributed by atoms with van der Waals surface area (Å²) in [6.45, 7) is 5.11. The van der Waals surface area contributed by atoms with E-state index in [-0.39, 0.29) is 25.6 Å². The molecule has 21 heavy (non-hydrogen) atoms. The highest BCUT2D eigenvalue weighted by Gasteiger charge is 2.07. The largest absolute Gasteiger partial charge is 0.462 e. The summed E-state index contributed by atoms with van der Waals surface area (Å²) in [4.78, 5) is 24.7. The minimum Gasteiger partial charge on any atom is -0.462 e. The summed E-state index contributed by atoms with van der Waals surface area (Å²) in [5, 5.41) is 0. The van der Waals surface area contributed by atoms with E-state index in [1.807, 2.05) is 43.3 Å². The monoisotopic (exact) mass is 291 g/mol. The third-order valence-corrected chi connectivity index (χ3v) is 2.73. The van der Waals surface area contributed by atoms with Crippen LogP contribution in [-0.4, -0.2) is 39.2 Å². The van der Waals surface area contributed by atoms with Crippen molar-refractivity contribution in [2.45, 2.75) is 13.3 Å². The molecule has 0 bridgehead atoms. The van der Waals surface area contributed by atoms with E-state index in [9.17, 15) is 9.59 Å². The van der Waals surface area contributed by atoms with Crippen molar-refractivity contribution < 1.29 is 19.1 Å². The molecule has 0 atom stereocenters. The average molecular weight is 291 g/mol. The number of carbonyl (C=O) groups is 2. The molecule has 1 aromatic rings. The lowest BCUT2D eigenvalue weighted by atomic mass is 10.1. The summed E-state index contributed by atoms with van der Waals surface area (Å²) in [7, 11) is 3.91. The van der Waals surface area contributed by atoms with Crippen LogP contribution in [-0.2, 0) is 25.5 Å². The van der Waals surface area contributed by atoms with Crippen molar-refractivity contribution in [2.75, 3.05) is 32.2 Å². The fourth-order valence-electron chi connectivity index (χ4n) is 1.54. The minimum absolute atomic E-state index is 0.0387. The molecule has 0 N–H and O–H groups in total. The van der Waals surface area contributed by atoms with Gasteiger partial charge in [-0.3, -0.25) is 4.79 Å². The van der Waals surface area contributed by atoms with Crippen molar-refractivity contribution in [1.29, 1.82) is 0 Å². The highest BCUT2D eigenvalue weighted by molar-refractivity contribution is 5.86. The predicted molar refractivity (Wildman–Crippen MR) is 81.2 cm³/mol. The maximum Gasteiger partial charge on any atom is 0.333 e. The van der Waals surface area contributed by atoms with Crippen LogP contribution >= 0.6 is 0 Å². The molecule has 0 heterocycles. The van der Waals surface area contributed by atoms with Crippen LogP contribution in [0.2, 0.25) is 0 Å². The van der Waals surface area contributed by atoms with E-state index in [1.165, 1.54) is 0 Å². The van der Waals surface area contributed by atoms with Crippen LogP contribution in [0.25, 0.3) is 0 Å². The molecule has 0 aliphatic carbocycles. The van der Waals surface area contributed by atoms with Gasteiger partial charge in [0.25, 0.3) is 0 Å². The van der Waals surface area contributed by atoms with E-state index in [2.05, 4.69) is 6.58 Å². The molecular formula is C16H21NO4. The molecule has 0 radical (unpaired) electrons. The third-order valence-electron chi connectivity index (χ3n) is 2.73. The number of esters is 2. The van der Waals surface area contributed by atoms with Crippen LogP contribution in [0.4, 0.5) is 5.69 Å². The van der Waals surface area contributed by atoms with E-state index in [0.29, 0.717) is 5.57 Å². The van der Waals surface area contributed by atoms with Gasteiger partial charge < -0.3 is 14.4 Å². The van der Waals surface area contributed by atoms with Gasteiger partial charge in [-0.1, -0.05) is 18.7 Å². The topological polar surface area (TPSA) is 55.8 Å². The summed E-state index contributed by atoms with van der Waals surface area (Å²) >= 11 is 0. The fraction of sp³-hybridized carbons (Fsp3) is 0.375. The lowest BCUT2D eigenvalue weighted by molar-refractivity contribution is -0.149. The van der Waals surface area contributed by atoms with Crippen LogP contribution in [0.5, 0.6) is 0 Å². The smallest absolute Gasteiger partial charge is 0.333 e. The van der Waals surface area contributed by atoms with Crippen molar-refractivity contribution in [3.8, 4) is 0 Å². The molecule has 1 aromatic carbocycles. The highest BCUT2D eigenvalue weighted by atomic mass is 16.6. The lowest BCUT2D eigenvalue weighted by Crippen LogP contribution is -2.15. The Balaban J connectivity index is 2.30. The first kappa shape index (κ1) is 16.8. The van der Waals surface area contributed by atoms with Gasteiger partial charge in [-0.2, -0.15) is 0 Å². The van der Waals surface area contributed by atoms with Crippen LogP contribution in [0, 0.1) is 0 Å². The quantitative estimate of drug-likeness (QED) is 0.437. The summed E-state index contributed by atoms with van der Waals surface area (Å²) in [6, 6.07) is 7.66. The molecule has 5 heteroatoms. The van der Waals surface area contributed by atoms with Gasteiger partial charge in [0.05, 0.1) is 6.42 Å². The van der Waals surface area contributed by atoms with Crippen LogP contribution in [0.3, 0.4) is 0 Å². The first-order valence-electron chi connectivity index (χ1n) is 6.64. The van der Waals surface area contributed by atoms with E-state index in [4.69, 9.17) is 9.47 Å². The number of anilines is 1. The van der Waals surface area contributed by atoms with E-state index in [1.54, 1.807) is 6.92 Å². The average Bonchev–Trinajstić information content (AvgIpc) is 2.43. The summed E-state index contributed by atoms with van der Waals surface area (Å²) in [5.41, 5.74) is 2.27. The molecular weight excluding hydrogens is 270 g/mol. The minimum atomic E-state index is -0.481. The molecule has 0 aliphatic heterocycles. The van der Waals surface area contributed by atoms with Gasteiger partial charge in [-0.15, -0.1) is 0 Å². The second kappa shape index (κ2) is 8.09. The van der Waals surface area contributed by atoms with Gasteiger partial charge >= 0.3 is 11.9 Å². The molecule has 0 saturated carbocycles. The maximum atomic E-state index is 11.6. The standard InChI is InChI=1S/C16H21NO4/c1-12(2)16(19)21-10-9-20-15(18)11-13-5-7-14(8-6-13)17(3)4/h5-8H,1,9-11H2,2-4H3. The third kappa shape index (κ3) is 6.12. The Kier molecular flexibility index (Phi) is 6.46. The highest BCUT2D eigenvalue weighted by Crippen LogP contribution is 2.12. The zero-order chi connectivity index (χ0) is 15.8. The number of rotatable bonds is 7. The zero-order valence-corrected chi connectivity index (χ0v) is 12.7.